The number of hydrogen-bond acceptors (Lipinski definition) is 4. The number of aromatic nitrogens is 2. The summed E-state index contributed by atoms with van der Waals surface area (Å²) in [5.74, 6) is 0. The molecule has 2 rings (SSSR count). The Bertz CT molecular complexity index is 512. The molecule has 2 aromatic heterocycles. The van der Waals surface area contributed by atoms with E-state index in [-0.39, 0.29) is 5.41 Å². The van der Waals surface area contributed by atoms with Gasteiger partial charge in [-0.1, -0.05) is 26.8 Å². The van der Waals surface area contributed by atoms with Crippen LogP contribution in [0, 0.1) is 0 Å². The highest BCUT2D eigenvalue weighted by Crippen LogP contribution is 2.30. The van der Waals surface area contributed by atoms with Gasteiger partial charge in [-0.3, -0.25) is 4.98 Å². The Morgan fingerprint density at radius 1 is 1.33 bits per heavy atom. The molecule has 96 valence electrons. The molecule has 2 heterocycles. The minimum absolute atomic E-state index is 0.0540. The van der Waals surface area contributed by atoms with Gasteiger partial charge in [0.1, 0.15) is 0 Å². The molecule has 0 amide bonds. The first-order valence-corrected chi connectivity index (χ1v) is 6.90. The van der Waals surface area contributed by atoms with Gasteiger partial charge in [0.2, 0.25) is 0 Å². The number of pyridine rings is 1. The van der Waals surface area contributed by atoms with E-state index in [4.69, 9.17) is 10.7 Å². The lowest BCUT2D eigenvalue weighted by atomic mass is 9.91. The summed E-state index contributed by atoms with van der Waals surface area (Å²) in [4.78, 5) is 10.1. The fourth-order valence-electron chi connectivity index (χ4n) is 1.88. The molecule has 0 radical (unpaired) electrons. The summed E-state index contributed by atoms with van der Waals surface area (Å²) < 4.78 is 0. The lowest BCUT2D eigenvalue weighted by Gasteiger charge is -2.16. The molecular formula is C14H19N3S. The normalized spacial score (nSPS) is 11.8. The molecule has 0 aliphatic rings. The van der Waals surface area contributed by atoms with Gasteiger partial charge >= 0.3 is 0 Å². The molecule has 0 spiro atoms. The molecule has 2 N–H and O–H groups in total. The first-order chi connectivity index (χ1) is 8.50. The number of hydrogen-bond donors (Lipinski definition) is 1. The average Bonchev–Trinajstić information content (AvgIpc) is 2.73. The summed E-state index contributed by atoms with van der Waals surface area (Å²) in [6.45, 7) is 7.09. The highest BCUT2D eigenvalue weighted by atomic mass is 32.1. The first kappa shape index (κ1) is 13.2. The maximum Gasteiger partial charge on any atom is 0.0976 e. The number of rotatable bonds is 3. The van der Waals surface area contributed by atoms with Crippen LogP contribution in [0.5, 0.6) is 0 Å². The van der Waals surface area contributed by atoms with Crippen molar-refractivity contribution in [3.63, 3.8) is 0 Å². The third-order valence-electron chi connectivity index (χ3n) is 2.72. The molecule has 0 aromatic carbocycles. The minimum Gasteiger partial charge on any atom is -0.326 e. The molecule has 0 atom stereocenters. The van der Waals surface area contributed by atoms with E-state index in [1.807, 2.05) is 12.3 Å². The van der Waals surface area contributed by atoms with Crippen molar-refractivity contribution in [2.75, 3.05) is 0 Å². The van der Waals surface area contributed by atoms with Crippen LogP contribution in [0.15, 0.2) is 24.5 Å². The van der Waals surface area contributed by atoms with Crippen LogP contribution in [0.3, 0.4) is 0 Å². The Labute approximate surface area is 112 Å². The SMILES string of the molecule is CC(C)(C)c1nc(Cc2cccnc2)sc1CN. The van der Waals surface area contributed by atoms with E-state index in [1.165, 1.54) is 10.4 Å². The lowest BCUT2D eigenvalue weighted by Crippen LogP contribution is -2.15. The van der Waals surface area contributed by atoms with Gasteiger partial charge in [0, 0.05) is 35.7 Å². The standard InChI is InChI=1S/C14H19N3S/c1-14(2,3)13-11(8-15)18-12(17-13)7-10-5-4-6-16-9-10/h4-6,9H,7-8,15H2,1-3H3. The minimum atomic E-state index is 0.0540. The van der Waals surface area contributed by atoms with Crippen LogP contribution in [0.25, 0.3) is 0 Å². The quantitative estimate of drug-likeness (QED) is 0.924. The molecule has 0 fully saturated rings. The molecule has 0 aliphatic carbocycles. The Hall–Kier alpha value is -1.26. The predicted octanol–water partition coefficient (Wildman–Crippen LogP) is 2.89. The summed E-state index contributed by atoms with van der Waals surface area (Å²) >= 11 is 1.72. The summed E-state index contributed by atoms with van der Waals surface area (Å²) in [6, 6.07) is 4.03. The largest absolute Gasteiger partial charge is 0.326 e. The average molecular weight is 261 g/mol. The van der Waals surface area contributed by atoms with Crippen LogP contribution in [0.4, 0.5) is 0 Å². The summed E-state index contributed by atoms with van der Waals surface area (Å²) in [5, 5.41) is 1.12. The topological polar surface area (TPSA) is 51.8 Å². The Morgan fingerprint density at radius 2 is 2.11 bits per heavy atom. The molecule has 0 unspecified atom stereocenters. The van der Waals surface area contributed by atoms with Gasteiger partial charge in [-0.2, -0.15) is 0 Å². The molecule has 0 saturated heterocycles. The van der Waals surface area contributed by atoms with Crippen molar-refractivity contribution in [3.05, 3.63) is 45.7 Å². The predicted molar refractivity (Wildman–Crippen MR) is 75.7 cm³/mol. The molecule has 18 heavy (non-hydrogen) atoms. The van der Waals surface area contributed by atoms with Gasteiger partial charge in [0.05, 0.1) is 10.7 Å². The molecule has 0 bridgehead atoms. The van der Waals surface area contributed by atoms with Gasteiger partial charge in [-0.25, -0.2) is 4.98 Å². The van der Waals surface area contributed by atoms with Crippen LogP contribution in [0.2, 0.25) is 0 Å². The van der Waals surface area contributed by atoms with E-state index in [0.29, 0.717) is 6.54 Å². The zero-order valence-corrected chi connectivity index (χ0v) is 11.9. The van der Waals surface area contributed by atoms with Crippen molar-refractivity contribution >= 4 is 11.3 Å². The highest BCUT2D eigenvalue weighted by Gasteiger charge is 2.22. The molecule has 4 heteroatoms. The Morgan fingerprint density at radius 3 is 2.61 bits per heavy atom. The highest BCUT2D eigenvalue weighted by molar-refractivity contribution is 7.11. The second kappa shape index (κ2) is 5.16. The fourth-order valence-corrected chi connectivity index (χ4v) is 3.07. The van der Waals surface area contributed by atoms with Gasteiger partial charge in [0.25, 0.3) is 0 Å². The second-order valence-electron chi connectivity index (χ2n) is 5.37. The van der Waals surface area contributed by atoms with Crippen molar-refractivity contribution in [3.8, 4) is 0 Å². The molecule has 0 saturated carbocycles. The van der Waals surface area contributed by atoms with Crippen LogP contribution < -0.4 is 5.73 Å². The Balaban J connectivity index is 2.28. The smallest absolute Gasteiger partial charge is 0.0976 e. The van der Waals surface area contributed by atoms with E-state index in [1.54, 1.807) is 17.5 Å². The summed E-state index contributed by atoms with van der Waals surface area (Å²) in [6.07, 6.45) is 4.51. The van der Waals surface area contributed by atoms with Crippen LogP contribution in [-0.4, -0.2) is 9.97 Å². The van der Waals surface area contributed by atoms with Gasteiger partial charge in [0.15, 0.2) is 0 Å². The van der Waals surface area contributed by atoms with Gasteiger partial charge in [-0.05, 0) is 11.6 Å². The number of thiazole rings is 1. The van der Waals surface area contributed by atoms with Crippen molar-refractivity contribution in [1.82, 2.24) is 9.97 Å². The van der Waals surface area contributed by atoms with Crippen LogP contribution >= 0.6 is 11.3 Å². The molecule has 2 aromatic rings. The van der Waals surface area contributed by atoms with Crippen molar-refractivity contribution in [1.29, 1.82) is 0 Å². The van der Waals surface area contributed by atoms with Gasteiger partial charge < -0.3 is 5.73 Å². The third-order valence-corrected chi connectivity index (χ3v) is 3.79. The fraction of sp³-hybridized carbons (Fsp3) is 0.429. The first-order valence-electron chi connectivity index (χ1n) is 6.08. The van der Waals surface area contributed by atoms with E-state index < -0.39 is 0 Å². The summed E-state index contributed by atoms with van der Waals surface area (Å²) in [5.41, 5.74) is 8.19. The van der Waals surface area contributed by atoms with Crippen LogP contribution in [0.1, 0.15) is 41.9 Å². The van der Waals surface area contributed by atoms with Gasteiger partial charge in [-0.15, -0.1) is 11.3 Å². The van der Waals surface area contributed by atoms with E-state index in [9.17, 15) is 0 Å². The maximum atomic E-state index is 5.81. The van der Waals surface area contributed by atoms with Crippen molar-refractivity contribution in [2.45, 2.75) is 39.2 Å². The number of nitrogens with two attached hydrogens (primary N) is 1. The summed E-state index contributed by atoms with van der Waals surface area (Å²) in [7, 11) is 0. The third kappa shape index (κ3) is 2.94. The molecule has 3 nitrogen and oxygen atoms in total. The van der Waals surface area contributed by atoms with E-state index in [0.717, 1.165) is 17.1 Å². The zero-order valence-electron chi connectivity index (χ0n) is 11.1. The zero-order chi connectivity index (χ0) is 13.2. The monoisotopic (exact) mass is 261 g/mol. The number of nitrogens with zero attached hydrogens (tertiary/aromatic N) is 2. The van der Waals surface area contributed by atoms with E-state index >= 15 is 0 Å². The lowest BCUT2D eigenvalue weighted by molar-refractivity contribution is 0.564. The van der Waals surface area contributed by atoms with Crippen molar-refractivity contribution in [2.24, 2.45) is 5.73 Å². The molecular weight excluding hydrogens is 242 g/mol. The van der Waals surface area contributed by atoms with Crippen LogP contribution in [-0.2, 0) is 18.4 Å². The maximum absolute atomic E-state index is 5.81. The second-order valence-corrected chi connectivity index (χ2v) is 6.54. The molecule has 0 aliphatic heterocycles. The van der Waals surface area contributed by atoms with E-state index in [2.05, 4.69) is 31.8 Å². The Kier molecular flexibility index (Phi) is 3.78. The van der Waals surface area contributed by atoms with Crippen molar-refractivity contribution < 1.29 is 0 Å².